The highest BCUT2D eigenvalue weighted by atomic mass is 79.9. The Balaban J connectivity index is 3.14. The minimum atomic E-state index is -1.12. The van der Waals surface area contributed by atoms with E-state index < -0.39 is 8.07 Å². The van der Waals surface area contributed by atoms with Gasteiger partial charge in [0.2, 0.25) is 0 Å². The lowest BCUT2D eigenvalue weighted by Gasteiger charge is -2.17. The van der Waals surface area contributed by atoms with Gasteiger partial charge >= 0.3 is 0 Å². The Morgan fingerprint density at radius 2 is 1.64 bits per heavy atom. The molecule has 0 unspecified atom stereocenters. The van der Waals surface area contributed by atoms with Gasteiger partial charge in [0.15, 0.2) is 0 Å². The molecular weight excluding hydrogens is 216 g/mol. The smallest absolute Gasteiger partial charge is 0.0656 e. The van der Waals surface area contributed by atoms with Crippen molar-refractivity contribution in [1.29, 1.82) is 0 Å². The first-order valence-electron chi connectivity index (χ1n) is 3.77. The van der Waals surface area contributed by atoms with Crippen molar-refractivity contribution in [3.05, 3.63) is 28.7 Å². The molecule has 0 atom stereocenters. The second-order valence-electron chi connectivity index (χ2n) is 3.73. The molecule has 0 aliphatic rings. The molecule has 0 aliphatic carbocycles. The number of benzene rings is 1. The molecule has 0 spiro atoms. The van der Waals surface area contributed by atoms with Crippen LogP contribution in [0.2, 0.25) is 19.6 Å². The summed E-state index contributed by atoms with van der Waals surface area (Å²) in [7, 11) is -1.12. The van der Waals surface area contributed by atoms with Crippen LogP contribution >= 0.6 is 15.9 Å². The molecule has 0 radical (unpaired) electrons. The zero-order valence-corrected chi connectivity index (χ0v) is 9.77. The number of hydrogen-bond acceptors (Lipinski definition) is 0. The number of halogens is 1. The van der Waals surface area contributed by atoms with Gasteiger partial charge in [-0.05, 0) is 11.3 Å². The average Bonchev–Trinajstić information content (AvgIpc) is 1.86. The lowest BCUT2D eigenvalue weighted by molar-refractivity contribution is 1.64. The Morgan fingerprint density at radius 1 is 1.09 bits per heavy atom. The van der Waals surface area contributed by atoms with Crippen LogP contribution in [0.15, 0.2) is 28.7 Å². The molecule has 1 rings (SSSR count). The molecule has 60 valence electrons. The van der Waals surface area contributed by atoms with Gasteiger partial charge in [0.05, 0.1) is 8.07 Å². The SMILES string of the molecule is C[Si](C)(C)c1ccccc1Br. The lowest BCUT2D eigenvalue weighted by Crippen LogP contribution is -2.38. The minimum Gasteiger partial charge on any atom is -0.0656 e. The molecule has 0 nitrogen and oxygen atoms in total. The van der Waals surface area contributed by atoms with Gasteiger partial charge in [0, 0.05) is 4.47 Å². The van der Waals surface area contributed by atoms with Gasteiger partial charge in [0.1, 0.15) is 0 Å². The summed E-state index contributed by atoms with van der Waals surface area (Å²) in [6.07, 6.45) is 0. The van der Waals surface area contributed by atoms with Crippen molar-refractivity contribution in [2.24, 2.45) is 0 Å². The van der Waals surface area contributed by atoms with E-state index in [1.165, 1.54) is 9.66 Å². The summed E-state index contributed by atoms with van der Waals surface area (Å²) in [5.41, 5.74) is 0. The molecule has 1 aromatic carbocycles. The third kappa shape index (κ3) is 2.17. The molecule has 0 fully saturated rings. The first kappa shape index (κ1) is 9.01. The fraction of sp³-hybridized carbons (Fsp3) is 0.333. The van der Waals surface area contributed by atoms with Crippen molar-refractivity contribution >= 4 is 29.2 Å². The van der Waals surface area contributed by atoms with Crippen LogP contribution in [0.5, 0.6) is 0 Å². The molecule has 0 bridgehead atoms. The molecule has 0 aromatic heterocycles. The Morgan fingerprint density at radius 3 is 2.00 bits per heavy atom. The summed E-state index contributed by atoms with van der Waals surface area (Å²) in [6, 6.07) is 8.51. The lowest BCUT2D eigenvalue weighted by atomic mass is 10.4. The van der Waals surface area contributed by atoms with Crippen molar-refractivity contribution in [2.75, 3.05) is 0 Å². The third-order valence-corrected chi connectivity index (χ3v) is 4.79. The first-order chi connectivity index (χ1) is 5.02. The van der Waals surface area contributed by atoms with Gasteiger partial charge in [-0.1, -0.05) is 53.8 Å². The van der Waals surface area contributed by atoms with Crippen LogP contribution < -0.4 is 5.19 Å². The van der Waals surface area contributed by atoms with Crippen molar-refractivity contribution in [3.8, 4) is 0 Å². The highest BCUT2D eigenvalue weighted by molar-refractivity contribution is 9.10. The predicted molar refractivity (Wildman–Crippen MR) is 57.1 cm³/mol. The maximum absolute atomic E-state index is 3.57. The summed E-state index contributed by atoms with van der Waals surface area (Å²) in [4.78, 5) is 0. The monoisotopic (exact) mass is 228 g/mol. The molecule has 11 heavy (non-hydrogen) atoms. The van der Waals surface area contributed by atoms with Gasteiger partial charge in [-0.3, -0.25) is 0 Å². The second kappa shape index (κ2) is 3.11. The van der Waals surface area contributed by atoms with E-state index in [4.69, 9.17) is 0 Å². The van der Waals surface area contributed by atoms with E-state index in [1.807, 2.05) is 0 Å². The van der Waals surface area contributed by atoms with E-state index >= 15 is 0 Å². The average molecular weight is 229 g/mol. The van der Waals surface area contributed by atoms with E-state index in [-0.39, 0.29) is 0 Å². The quantitative estimate of drug-likeness (QED) is 0.649. The predicted octanol–water partition coefficient (Wildman–Crippen LogP) is 2.99. The van der Waals surface area contributed by atoms with E-state index in [0.29, 0.717) is 0 Å². The summed E-state index contributed by atoms with van der Waals surface area (Å²) in [5.74, 6) is 0. The van der Waals surface area contributed by atoms with Crippen LogP contribution in [-0.4, -0.2) is 8.07 Å². The molecule has 2 heteroatoms. The molecule has 0 saturated heterocycles. The van der Waals surface area contributed by atoms with E-state index in [2.05, 4.69) is 59.8 Å². The van der Waals surface area contributed by atoms with Gasteiger partial charge in [-0.15, -0.1) is 0 Å². The molecule has 0 N–H and O–H groups in total. The second-order valence-corrected chi connectivity index (χ2v) is 9.62. The Labute approximate surface area is 77.8 Å². The van der Waals surface area contributed by atoms with E-state index in [9.17, 15) is 0 Å². The fourth-order valence-corrected chi connectivity index (χ4v) is 4.53. The van der Waals surface area contributed by atoms with Gasteiger partial charge in [0.25, 0.3) is 0 Å². The largest absolute Gasteiger partial charge is 0.0790 e. The summed E-state index contributed by atoms with van der Waals surface area (Å²) in [6.45, 7) is 7.06. The molecular formula is C9H13BrSi. The summed E-state index contributed by atoms with van der Waals surface area (Å²) < 4.78 is 1.26. The standard InChI is InChI=1S/C9H13BrSi/c1-11(2,3)9-7-5-4-6-8(9)10/h4-7H,1-3H3. The highest BCUT2D eigenvalue weighted by Crippen LogP contribution is 2.11. The Hall–Kier alpha value is -0.0831. The van der Waals surface area contributed by atoms with Crippen LogP contribution in [-0.2, 0) is 0 Å². The zero-order valence-electron chi connectivity index (χ0n) is 7.19. The Bertz CT molecular complexity index is 250. The first-order valence-corrected chi connectivity index (χ1v) is 8.06. The van der Waals surface area contributed by atoms with Crippen molar-refractivity contribution in [3.63, 3.8) is 0 Å². The summed E-state index contributed by atoms with van der Waals surface area (Å²) in [5, 5.41) is 1.50. The third-order valence-electron chi connectivity index (χ3n) is 1.68. The van der Waals surface area contributed by atoms with Crippen LogP contribution in [0.3, 0.4) is 0 Å². The molecule has 1 aromatic rings. The van der Waals surface area contributed by atoms with Crippen LogP contribution in [0, 0.1) is 0 Å². The fourth-order valence-electron chi connectivity index (χ4n) is 1.07. The maximum atomic E-state index is 3.57. The molecule has 0 amide bonds. The molecule has 0 aliphatic heterocycles. The molecule has 0 heterocycles. The van der Waals surface area contributed by atoms with Crippen LogP contribution in [0.1, 0.15) is 0 Å². The van der Waals surface area contributed by atoms with Crippen LogP contribution in [0.25, 0.3) is 0 Å². The normalized spacial score (nSPS) is 11.6. The zero-order chi connectivity index (χ0) is 8.48. The van der Waals surface area contributed by atoms with E-state index in [1.54, 1.807) is 0 Å². The molecule has 0 saturated carbocycles. The van der Waals surface area contributed by atoms with E-state index in [0.717, 1.165) is 0 Å². The van der Waals surface area contributed by atoms with Gasteiger partial charge in [-0.25, -0.2) is 0 Å². The number of hydrogen-bond donors (Lipinski definition) is 0. The van der Waals surface area contributed by atoms with Gasteiger partial charge in [-0.2, -0.15) is 0 Å². The van der Waals surface area contributed by atoms with Crippen molar-refractivity contribution in [2.45, 2.75) is 19.6 Å². The highest BCUT2D eigenvalue weighted by Gasteiger charge is 2.17. The minimum absolute atomic E-state index is 1.12. The van der Waals surface area contributed by atoms with Gasteiger partial charge < -0.3 is 0 Å². The number of rotatable bonds is 1. The Kier molecular flexibility index (Phi) is 2.55. The topological polar surface area (TPSA) is 0 Å². The maximum Gasteiger partial charge on any atom is 0.0790 e. The van der Waals surface area contributed by atoms with Crippen molar-refractivity contribution in [1.82, 2.24) is 0 Å². The van der Waals surface area contributed by atoms with Crippen molar-refractivity contribution < 1.29 is 0 Å². The summed E-state index contributed by atoms with van der Waals surface area (Å²) >= 11 is 3.57. The van der Waals surface area contributed by atoms with Crippen LogP contribution in [0.4, 0.5) is 0 Å².